The van der Waals surface area contributed by atoms with Crippen LogP contribution >= 0.6 is 0 Å². The maximum atomic E-state index is 6.10. The van der Waals surface area contributed by atoms with Crippen LogP contribution in [0.4, 0.5) is 11.5 Å². The van der Waals surface area contributed by atoms with Crippen molar-refractivity contribution in [3.63, 3.8) is 0 Å². The number of nitrogens with two attached hydrogens (primary N) is 1. The Labute approximate surface area is 91.1 Å². The van der Waals surface area contributed by atoms with Crippen LogP contribution in [0.15, 0.2) is 0 Å². The molecule has 0 saturated carbocycles. The summed E-state index contributed by atoms with van der Waals surface area (Å²) in [7, 11) is 0. The minimum atomic E-state index is 0.372. The van der Waals surface area contributed by atoms with E-state index in [1.807, 2.05) is 6.92 Å². The molecule has 0 aliphatic carbocycles. The zero-order valence-electron chi connectivity index (χ0n) is 9.82. The van der Waals surface area contributed by atoms with Gasteiger partial charge in [-0.25, -0.2) is 4.68 Å². The van der Waals surface area contributed by atoms with Crippen molar-refractivity contribution in [2.75, 3.05) is 23.7 Å². The first-order chi connectivity index (χ1) is 7.11. The Kier molecular flexibility index (Phi) is 2.59. The van der Waals surface area contributed by atoms with E-state index in [-0.39, 0.29) is 0 Å². The Morgan fingerprint density at radius 1 is 1.27 bits per heavy atom. The van der Waals surface area contributed by atoms with Gasteiger partial charge in [-0.05, 0) is 33.6 Å². The molecule has 2 rings (SSSR count). The highest BCUT2D eigenvalue weighted by atomic mass is 15.4. The zero-order valence-corrected chi connectivity index (χ0v) is 9.82. The monoisotopic (exact) mass is 208 g/mol. The molecule has 1 saturated heterocycles. The van der Waals surface area contributed by atoms with Gasteiger partial charge in [-0.1, -0.05) is 0 Å². The molecule has 0 amide bonds. The topological polar surface area (TPSA) is 47.1 Å². The second kappa shape index (κ2) is 3.76. The molecule has 2 N–H and O–H groups in total. The molecule has 15 heavy (non-hydrogen) atoms. The second-order valence-corrected chi connectivity index (χ2v) is 4.56. The first-order valence-electron chi connectivity index (χ1n) is 5.70. The van der Waals surface area contributed by atoms with Gasteiger partial charge in [0.15, 0.2) is 5.82 Å². The Bertz CT molecular complexity index is 348. The maximum Gasteiger partial charge on any atom is 0.150 e. The fourth-order valence-corrected chi connectivity index (χ4v) is 2.15. The van der Waals surface area contributed by atoms with Gasteiger partial charge in [0, 0.05) is 19.1 Å². The van der Waals surface area contributed by atoms with Crippen LogP contribution in [0.3, 0.4) is 0 Å². The first-order valence-corrected chi connectivity index (χ1v) is 5.70. The minimum absolute atomic E-state index is 0.372. The Hall–Kier alpha value is -1.19. The molecule has 0 radical (unpaired) electrons. The van der Waals surface area contributed by atoms with Crippen molar-refractivity contribution in [2.45, 2.75) is 39.7 Å². The van der Waals surface area contributed by atoms with Gasteiger partial charge >= 0.3 is 0 Å². The Balaban J connectivity index is 2.42. The molecule has 1 aliphatic heterocycles. The van der Waals surface area contributed by atoms with Crippen LogP contribution < -0.4 is 10.6 Å². The zero-order chi connectivity index (χ0) is 11.0. The number of nitrogen functional groups attached to an aromatic ring is 1. The van der Waals surface area contributed by atoms with Gasteiger partial charge in [0.05, 0.1) is 11.4 Å². The minimum Gasteiger partial charge on any atom is -0.394 e. The first kappa shape index (κ1) is 10.3. The van der Waals surface area contributed by atoms with E-state index >= 15 is 0 Å². The number of nitrogens with zero attached hydrogens (tertiary/aromatic N) is 3. The fourth-order valence-electron chi connectivity index (χ4n) is 2.15. The van der Waals surface area contributed by atoms with Crippen LogP contribution in [0.5, 0.6) is 0 Å². The van der Waals surface area contributed by atoms with E-state index in [0.717, 1.165) is 30.3 Å². The molecule has 84 valence electrons. The van der Waals surface area contributed by atoms with Crippen molar-refractivity contribution in [3.05, 3.63) is 5.69 Å². The molecule has 2 heterocycles. The van der Waals surface area contributed by atoms with Crippen molar-refractivity contribution in [1.29, 1.82) is 0 Å². The molecule has 0 atom stereocenters. The van der Waals surface area contributed by atoms with Gasteiger partial charge in [0.1, 0.15) is 0 Å². The number of aryl methyl sites for hydroxylation is 1. The van der Waals surface area contributed by atoms with E-state index in [1.165, 1.54) is 12.8 Å². The van der Waals surface area contributed by atoms with Crippen molar-refractivity contribution in [3.8, 4) is 0 Å². The summed E-state index contributed by atoms with van der Waals surface area (Å²) in [5.41, 5.74) is 7.90. The molecule has 0 bridgehead atoms. The van der Waals surface area contributed by atoms with Crippen LogP contribution in [0.2, 0.25) is 0 Å². The highest BCUT2D eigenvalue weighted by molar-refractivity contribution is 5.66. The summed E-state index contributed by atoms with van der Waals surface area (Å²) in [5, 5.41) is 4.50. The number of anilines is 2. The summed E-state index contributed by atoms with van der Waals surface area (Å²) >= 11 is 0. The molecule has 1 fully saturated rings. The summed E-state index contributed by atoms with van der Waals surface area (Å²) in [6, 6.07) is 0.372. The Morgan fingerprint density at radius 3 is 2.40 bits per heavy atom. The van der Waals surface area contributed by atoms with E-state index in [1.54, 1.807) is 0 Å². The highest BCUT2D eigenvalue weighted by Gasteiger charge is 2.22. The summed E-state index contributed by atoms with van der Waals surface area (Å²) in [6.07, 6.45) is 2.53. The third-order valence-corrected chi connectivity index (χ3v) is 3.00. The lowest BCUT2D eigenvalue weighted by atomic mass is 10.3. The van der Waals surface area contributed by atoms with Gasteiger partial charge in [-0.3, -0.25) is 0 Å². The van der Waals surface area contributed by atoms with Gasteiger partial charge in [0.25, 0.3) is 0 Å². The second-order valence-electron chi connectivity index (χ2n) is 4.56. The van der Waals surface area contributed by atoms with Crippen LogP contribution in [0, 0.1) is 6.92 Å². The van der Waals surface area contributed by atoms with Crippen LogP contribution in [-0.4, -0.2) is 22.9 Å². The van der Waals surface area contributed by atoms with Crippen molar-refractivity contribution >= 4 is 11.5 Å². The molecule has 0 spiro atoms. The third kappa shape index (κ3) is 1.68. The molecule has 1 aromatic heterocycles. The van der Waals surface area contributed by atoms with Gasteiger partial charge in [-0.2, -0.15) is 5.10 Å². The average Bonchev–Trinajstić information content (AvgIpc) is 2.76. The highest BCUT2D eigenvalue weighted by Crippen LogP contribution is 2.31. The third-order valence-electron chi connectivity index (χ3n) is 3.00. The van der Waals surface area contributed by atoms with Crippen LogP contribution in [-0.2, 0) is 0 Å². The molecule has 0 aromatic carbocycles. The van der Waals surface area contributed by atoms with Gasteiger partial charge in [-0.15, -0.1) is 0 Å². The standard InChI is InChI=1S/C11H20N4/c1-8(2)15-11(10(12)9(3)13-15)14-6-4-5-7-14/h8H,4-7,12H2,1-3H3. The lowest BCUT2D eigenvalue weighted by Crippen LogP contribution is -2.23. The molecular weight excluding hydrogens is 188 g/mol. The number of hydrogen-bond donors (Lipinski definition) is 1. The molecule has 1 aromatic rings. The number of rotatable bonds is 2. The SMILES string of the molecule is Cc1nn(C(C)C)c(N2CCCC2)c1N. The summed E-state index contributed by atoms with van der Waals surface area (Å²) in [6.45, 7) is 8.49. The van der Waals surface area contributed by atoms with Crippen LogP contribution in [0.1, 0.15) is 38.4 Å². The van der Waals surface area contributed by atoms with E-state index < -0.39 is 0 Å². The maximum absolute atomic E-state index is 6.10. The molecular formula is C11H20N4. The quantitative estimate of drug-likeness (QED) is 0.808. The van der Waals surface area contributed by atoms with Crippen molar-refractivity contribution in [2.24, 2.45) is 0 Å². The molecule has 0 unspecified atom stereocenters. The smallest absolute Gasteiger partial charge is 0.150 e. The number of aromatic nitrogens is 2. The summed E-state index contributed by atoms with van der Waals surface area (Å²) < 4.78 is 2.05. The van der Waals surface area contributed by atoms with Crippen LogP contribution in [0.25, 0.3) is 0 Å². The lowest BCUT2D eigenvalue weighted by molar-refractivity contribution is 0.526. The van der Waals surface area contributed by atoms with Crippen molar-refractivity contribution < 1.29 is 0 Å². The number of hydrogen-bond acceptors (Lipinski definition) is 3. The largest absolute Gasteiger partial charge is 0.394 e. The fraction of sp³-hybridized carbons (Fsp3) is 0.727. The van der Waals surface area contributed by atoms with E-state index in [0.29, 0.717) is 6.04 Å². The lowest BCUT2D eigenvalue weighted by Gasteiger charge is -2.21. The molecule has 4 heteroatoms. The van der Waals surface area contributed by atoms with Gasteiger partial charge in [0.2, 0.25) is 0 Å². The average molecular weight is 208 g/mol. The van der Waals surface area contributed by atoms with E-state index in [4.69, 9.17) is 5.73 Å². The Morgan fingerprint density at radius 2 is 1.87 bits per heavy atom. The summed E-state index contributed by atoms with van der Waals surface area (Å²) in [5.74, 6) is 1.13. The van der Waals surface area contributed by atoms with Crippen molar-refractivity contribution in [1.82, 2.24) is 9.78 Å². The molecule has 4 nitrogen and oxygen atoms in total. The normalized spacial score (nSPS) is 16.7. The van der Waals surface area contributed by atoms with E-state index in [2.05, 4.69) is 28.5 Å². The molecule has 1 aliphatic rings. The van der Waals surface area contributed by atoms with E-state index in [9.17, 15) is 0 Å². The summed E-state index contributed by atoms with van der Waals surface area (Å²) in [4.78, 5) is 2.36. The predicted molar refractivity (Wildman–Crippen MR) is 63.2 cm³/mol. The predicted octanol–water partition coefficient (Wildman–Crippen LogP) is 1.95. The van der Waals surface area contributed by atoms with Gasteiger partial charge < -0.3 is 10.6 Å².